The summed E-state index contributed by atoms with van der Waals surface area (Å²) in [6, 6.07) is 4.21. The Kier molecular flexibility index (Phi) is 3.38. The highest BCUT2D eigenvalue weighted by Gasteiger charge is 2.15. The number of rotatable bonds is 4. The van der Waals surface area contributed by atoms with Crippen LogP contribution in [0, 0.1) is 10.1 Å². The van der Waals surface area contributed by atoms with Gasteiger partial charge in [0.2, 0.25) is 0 Å². The molecule has 0 N–H and O–H groups in total. The third kappa shape index (κ3) is 2.31. The first-order chi connectivity index (χ1) is 7.10. The molecule has 1 rings (SSSR count). The zero-order valence-corrected chi connectivity index (χ0v) is 8.47. The Labute approximate surface area is 86.8 Å². The lowest BCUT2D eigenvalue weighted by Crippen LogP contribution is -1.99. The number of nitrogens with zero attached hydrogens (tertiary/aromatic N) is 1. The van der Waals surface area contributed by atoms with Crippen molar-refractivity contribution in [3.63, 3.8) is 0 Å². The van der Waals surface area contributed by atoms with Gasteiger partial charge in [0, 0.05) is 17.5 Å². The normalized spacial score (nSPS) is 11.9. The molecule has 0 aliphatic heterocycles. The van der Waals surface area contributed by atoms with Crippen molar-refractivity contribution in [3.8, 4) is 5.75 Å². The number of methoxy groups -OCH3 is 1. The Morgan fingerprint density at radius 3 is 2.67 bits per heavy atom. The van der Waals surface area contributed by atoms with Crippen LogP contribution in [0.3, 0.4) is 0 Å². The molecule has 0 saturated carbocycles. The molecule has 15 heavy (non-hydrogen) atoms. The summed E-state index contributed by atoms with van der Waals surface area (Å²) in [6.45, 7) is 1.71. The summed E-state index contributed by atoms with van der Waals surface area (Å²) < 4.78 is 5.00. The molecule has 0 spiro atoms. The summed E-state index contributed by atoms with van der Waals surface area (Å²) in [5, 5.41) is 10.5. The molecular formula is C10H11NO4. The smallest absolute Gasteiger partial charge is 0.273 e. The largest absolute Gasteiger partial charge is 0.496 e. The molecule has 0 amide bonds. The Morgan fingerprint density at radius 1 is 1.53 bits per heavy atom. The fourth-order valence-electron chi connectivity index (χ4n) is 1.26. The molecule has 80 valence electrons. The summed E-state index contributed by atoms with van der Waals surface area (Å²) >= 11 is 0. The molecule has 0 radical (unpaired) electrons. The van der Waals surface area contributed by atoms with E-state index in [4.69, 9.17) is 4.74 Å². The zero-order chi connectivity index (χ0) is 11.4. The summed E-state index contributed by atoms with van der Waals surface area (Å²) in [4.78, 5) is 20.6. The molecule has 0 fully saturated rings. The summed E-state index contributed by atoms with van der Waals surface area (Å²) in [5.41, 5.74) is 0.604. The fourth-order valence-corrected chi connectivity index (χ4v) is 1.26. The molecule has 0 bridgehead atoms. The lowest BCUT2D eigenvalue weighted by atomic mass is 10.0. The average molecular weight is 209 g/mol. The molecule has 5 nitrogen and oxygen atoms in total. The topological polar surface area (TPSA) is 69.4 Å². The van der Waals surface area contributed by atoms with Gasteiger partial charge in [0.1, 0.15) is 12.0 Å². The summed E-state index contributed by atoms with van der Waals surface area (Å²) in [6.07, 6.45) is 0.768. The van der Waals surface area contributed by atoms with Gasteiger partial charge in [-0.05, 0) is 6.07 Å². The van der Waals surface area contributed by atoms with Gasteiger partial charge in [-0.2, -0.15) is 0 Å². The predicted octanol–water partition coefficient (Wildman–Crippen LogP) is 1.91. The van der Waals surface area contributed by atoms with Crippen molar-refractivity contribution < 1.29 is 14.5 Å². The van der Waals surface area contributed by atoms with E-state index in [-0.39, 0.29) is 11.6 Å². The number of nitro groups is 1. The number of carbonyl (C=O) groups is 1. The van der Waals surface area contributed by atoms with E-state index >= 15 is 0 Å². The van der Waals surface area contributed by atoms with Crippen molar-refractivity contribution in [1.29, 1.82) is 0 Å². The number of aldehydes is 1. The second-order valence-corrected chi connectivity index (χ2v) is 3.11. The third-order valence-electron chi connectivity index (χ3n) is 2.12. The number of hydrogen-bond acceptors (Lipinski definition) is 4. The van der Waals surface area contributed by atoms with E-state index in [0.29, 0.717) is 11.3 Å². The van der Waals surface area contributed by atoms with Crippen LogP contribution < -0.4 is 4.74 Å². The number of benzene rings is 1. The van der Waals surface area contributed by atoms with Crippen molar-refractivity contribution in [2.45, 2.75) is 12.8 Å². The van der Waals surface area contributed by atoms with Crippen LogP contribution in [0.1, 0.15) is 18.4 Å². The third-order valence-corrected chi connectivity index (χ3v) is 2.12. The lowest BCUT2D eigenvalue weighted by molar-refractivity contribution is -0.384. The summed E-state index contributed by atoms with van der Waals surface area (Å²) in [7, 11) is 1.42. The zero-order valence-electron chi connectivity index (χ0n) is 8.47. The van der Waals surface area contributed by atoms with Gasteiger partial charge in [0.15, 0.2) is 0 Å². The summed E-state index contributed by atoms with van der Waals surface area (Å²) in [5.74, 6) is 0.0320. The number of non-ortho nitro benzene ring substituents is 1. The van der Waals surface area contributed by atoms with Gasteiger partial charge in [-0.3, -0.25) is 10.1 Å². The SMILES string of the molecule is COc1cc([N+](=O)[O-])ccc1C(C)C=O. The second kappa shape index (κ2) is 4.54. The molecule has 0 aromatic heterocycles. The number of nitro benzene ring substituents is 1. The van der Waals surface area contributed by atoms with Gasteiger partial charge in [-0.15, -0.1) is 0 Å². The molecule has 0 aliphatic rings. The van der Waals surface area contributed by atoms with Crippen molar-refractivity contribution >= 4 is 12.0 Å². The minimum atomic E-state index is -0.502. The molecule has 1 aromatic carbocycles. The van der Waals surface area contributed by atoms with Gasteiger partial charge < -0.3 is 9.53 Å². The van der Waals surface area contributed by atoms with Crippen LogP contribution in [-0.4, -0.2) is 18.3 Å². The highest BCUT2D eigenvalue weighted by atomic mass is 16.6. The Morgan fingerprint density at radius 2 is 2.20 bits per heavy atom. The Hall–Kier alpha value is -1.91. The molecule has 0 heterocycles. The van der Waals surface area contributed by atoms with Crippen LogP contribution in [0.25, 0.3) is 0 Å². The monoisotopic (exact) mass is 209 g/mol. The maximum atomic E-state index is 10.6. The minimum absolute atomic E-state index is 0.0475. The second-order valence-electron chi connectivity index (χ2n) is 3.11. The van der Waals surface area contributed by atoms with E-state index in [1.54, 1.807) is 6.92 Å². The average Bonchev–Trinajstić information content (AvgIpc) is 2.27. The van der Waals surface area contributed by atoms with Crippen molar-refractivity contribution in [2.75, 3.05) is 7.11 Å². The first kappa shape index (κ1) is 11.2. The van der Waals surface area contributed by atoms with Crippen molar-refractivity contribution in [1.82, 2.24) is 0 Å². The molecule has 1 unspecified atom stereocenters. The van der Waals surface area contributed by atoms with Gasteiger partial charge in [0.05, 0.1) is 18.1 Å². The Balaban J connectivity index is 3.20. The fraction of sp³-hybridized carbons (Fsp3) is 0.300. The van der Waals surface area contributed by atoms with Crippen LogP contribution in [0.5, 0.6) is 5.75 Å². The Bertz CT molecular complexity index is 389. The molecule has 1 atom stereocenters. The number of hydrogen-bond donors (Lipinski definition) is 0. The standard InChI is InChI=1S/C10H11NO4/c1-7(6-12)9-4-3-8(11(13)14)5-10(9)15-2/h3-7H,1-2H3. The molecular weight excluding hydrogens is 198 g/mol. The highest BCUT2D eigenvalue weighted by Crippen LogP contribution is 2.29. The van der Waals surface area contributed by atoms with Gasteiger partial charge in [0.25, 0.3) is 5.69 Å². The van der Waals surface area contributed by atoms with Crippen LogP contribution in [0.2, 0.25) is 0 Å². The van der Waals surface area contributed by atoms with Crippen LogP contribution in [-0.2, 0) is 4.79 Å². The number of carbonyl (C=O) groups excluding carboxylic acids is 1. The van der Waals surface area contributed by atoms with E-state index in [1.807, 2.05) is 0 Å². The van der Waals surface area contributed by atoms with Crippen molar-refractivity contribution in [3.05, 3.63) is 33.9 Å². The van der Waals surface area contributed by atoms with Gasteiger partial charge in [-0.25, -0.2) is 0 Å². The van der Waals surface area contributed by atoms with Crippen LogP contribution in [0.15, 0.2) is 18.2 Å². The van der Waals surface area contributed by atoms with Gasteiger partial charge >= 0.3 is 0 Å². The molecule has 0 aliphatic carbocycles. The van der Waals surface area contributed by atoms with E-state index in [0.717, 1.165) is 6.29 Å². The van der Waals surface area contributed by atoms with Gasteiger partial charge in [-0.1, -0.05) is 6.92 Å². The van der Waals surface area contributed by atoms with Crippen LogP contribution in [0.4, 0.5) is 5.69 Å². The number of ether oxygens (including phenoxy) is 1. The van der Waals surface area contributed by atoms with E-state index < -0.39 is 4.92 Å². The predicted molar refractivity (Wildman–Crippen MR) is 54.1 cm³/mol. The molecule has 5 heteroatoms. The molecule has 1 aromatic rings. The van der Waals surface area contributed by atoms with Crippen LogP contribution >= 0.6 is 0 Å². The maximum absolute atomic E-state index is 10.6. The highest BCUT2D eigenvalue weighted by molar-refractivity contribution is 5.64. The maximum Gasteiger partial charge on any atom is 0.273 e. The van der Waals surface area contributed by atoms with E-state index in [2.05, 4.69) is 0 Å². The molecule has 0 saturated heterocycles. The van der Waals surface area contributed by atoms with E-state index in [9.17, 15) is 14.9 Å². The van der Waals surface area contributed by atoms with Crippen molar-refractivity contribution in [2.24, 2.45) is 0 Å². The first-order valence-electron chi connectivity index (χ1n) is 4.37. The quantitative estimate of drug-likeness (QED) is 0.431. The minimum Gasteiger partial charge on any atom is -0.496 e. The van der Waals surface area contributed by atoms with E-state index in [1.165, 1.54) is 25.3 Å². The first-order valence-corrected chi connectivity index (χ1v) is 4.37. The lowest BCUT2D eigenvalue weighted by Gasteiger charge is -2.09.